The molecule has 0 saturated heterocycles. The molecule has 4 rings (SSSR count). The Morgan fingerprint density at radius 2 is 1.44 bits per heavy atom. The van der Waals surface area contributed by atoms with E-state index in [1.807, 2.05) is 71.4 Å². The van der Waals surface area contributed by atoms with Crippen molar-refractivity contribution < 1.29 is 19.0 Å². The lowest BCUT2D eigenvalue weighted by Gasteiger charge is -2.09. The van der Waals surface area contributed by atoms with Gasteiger partial charge in [-0.1, -0.05) is 12.1 Å². The molecule has 0 unspecified atom stereocenters. The maximum Gasteiger partial charge on any atom is 0.337 e. The van der Waals surface area contributed by atoms with Gasteiger partial charge in [0.15, 0.2) is 0 Å². The Morgan fingerprint density at radius 3 is 2.03 bits per heavy atom. The third kappa shape index (κ3) is 4.49. The Hall–Kier alpha value is -4.06. The topological polar surface area (TPSA) is 62.6 Å². The van der Waals surface area contributed by atoms with Crippen LogP contribution in [0.25, 0.3) is 22.5 Å². The summed E-state index contributed by atoms with van der Waals surface area (Å²) in [7, 11) is 4.68. The van der Waals surface area contributed by atoms with Crippen molar-refractivity contribution in [3.63, 3.8) is 0 Å². The van der Waals surface area contributed by atoms with Crippen molar-refractivity contribution >= 4 is 5.97 Å². The molecular weight excluding hydrogens is 404 g/mol. The predicted octanol–water partition coefficient (Wildman–Crippen LogP) is 5.07. The number of rotatable bonds is 7. The van der Waals surface area contributed by atoms with Crippen LogP contribution in [0.1, 0.15) is 15.9 Å². The van der Waals surface area contributed by atoms with E-state index in [0.29, 0.717) is 12.1 Å². The lowest BCUT2D eigenvalue weighted by molar-refractivity contribution is 0.0600. The molecule has 0 fully saturated rings. The van der Waals surface area contributed by atoms with E-state index >= 15 is 0 Å². The second-order valence-corrected chi connectivity index (χ2v) is 7.22. The standard InChI is InChI=1S/C26H24N2O4/c1-30-22-11-7-19(8-12-22)24-16-25(20-9-13-23(31-2)14-10-20)28(27-24)17-18-5-4-6-21(15-18)26(29)32-3/h4-16H,17H2,1-3H3. The highest BCUT2D eigenvalue weighted by atomic mass is 16.5. The summed E-state index contributed by atoms with van der Waals surface area (Å²) >= 11 is 0. The third-order valence-corrected chi connectivity index (χ3v) is 5.23. The maximum absolute atomic E-state index is 11.9. The van der Waals surface area contributed by atoms with Crippen LogP contribution < -0.4 is 9.47 Å². The molecule has 3 aromatic carbocycles. The van der Waals surface area contributed by atoms with Gasteiger partial charge in [-0.25, -0.2) is 4.79 Å². The molecule has 0 radical (unpaired) electrons. The van der Waals surface area contributed by atoms with Crippen molar-refractivity contribution in [2.24, 2.45) is 0 Å². The number of hydrogen-bond acceptors (Lipinski definition) is 5. The summed E-state index contributed by atoms with van der Waals surface area (Å²) in [5.74, 6) is 1.23. The highest BCUT2D eigenvalue weighted by molar-refractivity contribution is 5.89. The van der Waals surface area contributed by atoms with Crippen LogP contribution in [0, 0.1) is 0 Å². The maximum atomic E-state index is 11.9. The van der Waals surface area contributed by atoms with Crippen molar-refractivity contribution in [2.45, 2.75) is 6.54 Å². The third-order valence-electron chi connectivity index (χ3n) is 5.23. The van der Waals surface area contributed by atoms with Crippen LogP contribution in [0.5, 0.6) is 11.5 Å². The molecule has 6 nitrogen and oxygen atoms in total. The highest BCUT2D eigenvalue weighted by Gasteiger charge is 2.14. The zero-order valence-electron chi connectivity index (χ0n) is 18.2. The van der Waals surface area contributed by atoms with E-state index in [4.69, 9.17) is 19.3 Å². The molecule has 0 aliphatic heterocycles. The fraction of sp³-hybridized carbons (Fsp3) is 0.154. The van der Waals surface area contributed by atoms with Gasteiger partial charge < -0.3 is 14.2 Å². The van der Waals surface area contributed by atoms with Crippen LogP contribution in [0.4, 0.5) is 0 Å². The molecule has 0 bridgehead atoms. The van der Waals surface area contributed by atoms with Gasteiger partial charge in [-0.15, -0.1) is 0 Å². The Labute approximate surface area is 187 Å². The smallest absolute Gasteiger partial charge is 0.337 e. The van der Waals surface area contributed by atoms with E-state index < -0.39 is 0 Å². The Bertz CT molecular complexity index is 1210. The second-order valence-electron chi connectivity index (χ2n) is 7.22. The minimum Gasteiger partial charge on any atom is -0.497 e. The lowest BCUT2D eigenvalue weighted by atomic mass is 10.1. The molecule has 0 aliphatic carbocycles. The predicted molar refractivity (Wildman–Crippen MR) is 123 cm³/mol. The average molecular weight is 428 g/mol. The molecule has 162 valence electrons. The molecule has 0 aliphatic rings. The van der Waals surface area contributed by atoms with Gasteiger partial charge in [-0.2, -0.15) is 5.10 Å². The zero-order valence-corrected chi connectivity index (χ0v) is 18.2. The van der Waals surface area contributed by atoms with Crippen molar-refractivity contribution in [2.75, 3.05) is 21.3 Å². The van der Waals surface area contributed by atoms with Gasteiger partial charge >= 0.3 is 5.97 Å². The van der Waals surface area contributed by atoms with E-state index in [1.165, 1.54) is 7.11 Å². The first-order valence-corrected chi connectivity index (χ1v) is 10.1. The number of carbonyl (C=O) groups excluding carboxylic acids is 1. The summed E-state index contributed by atoms with van der Waals surface area (Å²) < 4.78 is 17.4. The molecule has 1 heterocycles. The van der Waals surface area contributed by atoms with Crippen LogP contribution in [0.15, 0.2) is 78.9 Å². The fourth-order valence-corrected chi connectivity index (χ4v) is 3.52. The van der Waals surface area contributed by atoms with Gasteiger partial charge in [0, 0.05) is 11.1 Å². The molecule has 0 atom stereocenters. The van der Waals surface area contributed by atoms with Crippen LogP contribution in [0.3, 0.4) is 0 Å². The molecule has 0 saturated carbocycles. The Morgan fingerprint density at radius 1 is 0.812 bits per heavy atom. The number of carbonyl (C=O) groups is 1. The van der Waals surface area contributed by atoms with Gasteiger partial charge in [0.05, 0.1) is 44.8 Å². The number of methoxy groups -OCH3 is 3. The lowest BCUT2D eigenvalue weighted by Crippen LogP contribution is -2.06. The van der Waals surface area contributed by atoms with Crippen molar-refractivity contribution in [1.29, 1.82) is 0 Å². The first-order valence-electron chi connectivity index (χ1n) is 10.1. The molecule has 4 aromatic rings. The number of ether oxygens (including phenoxy) is 3. The number of aromatic nitrogens is 2. The largest absolute Gasteiger partial charge is 0.497 e. The average Bonchev–Trinajstić information content (AvgIpc) is 3.27. The summed E-state index contributed by atoms with van der Waals surface area (Å²) in [6.07, 6.45) is 0. The quantitative estimate of drug-likeness (QED) is 0.385. The number of benzene rings is 3. The molecule has 1 aromatic heterocycles. The Balaban J connectivity index is 1.75. The van der Waals surface area contributed by atoms with Gasteiger partial charge in [0.2, 0.25) is 0 Å². The van der Waals surface area contributed by atoms with Crippen LogP contribution in [-0.2, 0) is 11.3 Å². The van der Waals surface area contributed by atoms with Gasteiger partial charge in [0.25, 0.3) is 0 Å². The van der Waals surface area contributed by atoms with Crippen LogP contribution in [-0.4, -0.2) is 37.1 Å². The number of nitrogens with zero attached hydrogens (tertiary/aromatic N) is 2. The van der Waals surface area contributed by atoms with E-state index in [2.05, 4.69) is 6.07 Å². The summed E-state index contributed by atoms with van der Waals surface area (Å²) in [6.45, 7) is 0.502. The first kappa shape index (κ1) is 21.2. The summed E-state index contributed by atoms with van der Waals surface area (Å²) in [5.41, 5.74) is 5.28. The molecule has 32 heavy (non-hydrogen) atoms. The highest BCUT2D eigenvalue weighted by Crippen LogP contribution is 2.29. The molecule has 0 N–H and O–H groups in total. The molecule has 0 spiro atoms. The van der Waals surface area contributed by atoms with E-state index in [0.717, 1.165) is 39.6 Å². The summed E-state index contributed by atoms with van der Waals surface area (Å²) in [6, 6.07) is 25.1. The normalized spacial score (nSPS) is 10.6. The van der Waals surface area contributed by atoms with E-state index in [1.54, 1.807) is 20.3 Å². The fourth-order valence-electron chi connectivity index (χ4n) is 3.52. The second kappa shape index (κ2) is 9.39. The SMILES string of the molecule is COC(=O)c1cccc(Cn2nc(-c3ccc(OC)cc3)cc2-c2ccc(OC)cc2)c1. The van der Waals surface area contributed by atoms with Crippen molar-refractivity contribution in [3.8, 4) is 34.0 Å². The van der Waals surface area contributed by atoms with E-state index in [9.17, 15) is 4.79 Å². The van der Waals surface area contributed by atoms with E-state index in [-0.39, 0.29) is 5.97 Å². The molecule has 0 amide bonds. The van der Waals surface area contributed by atoms with Crippen molar-refractivity contribution in [3.05, 3.63) is 90.0 Å². The minimum absolute atomic E-state index is 0.360. The first-order chi connectivity index (χ1) is 15.6. The summed E-state index contributed by atoms with van der Waals surface area (Å²) in [5, 5.41) is 4.87. The van der Waals surface area contributed by atoms with Gasteiger partial charge in [0.1, 0.15) is 11.5 Å². The number of esters is 1. The minimum atomic E-state index is -0.360. The van der Waals surface area contributed by atoms with Gasteiger partial charge in [-0.05, 0) is 72.3 Å². The van der Waals surface area contributed by atoms with Crippen LogP contribution in [0.2, 0.25) is 0 Å². The Kier molecular flexibility index (Phi) is 6.22. The molecular formula is C26H24N2O4. The number of hydrogen-bond donors (Lipinski definition) is 0. The zero-order chi connectivity index (χ0) is 22.5. The monoisotopic (exact) mass is 428 g/mol. The van der Waals surface area contributed by atoms with Gasteiger partial charge in [-0.3, -0.25) is 4.68 Å². The van der Waals surface area contributed by atoms with Crippen LogP contribution >= 0.6 is 0 Å². The summed E-state index contributed by atoms with van der Waals surface area (Å²) in [4.78, 5) is 11.9. The molecule has 6 heteroatoms. The van der Waals surface area contributed by atoms with Crippen molar-refractivity contribution in [1.82, 2.24) is 9.78 Å².